The van der Waals surface area contributed by atoms with Crippen LogP contribution >= 0.6 is 15.9 Å². The van der Waals surface area contributed by atoms with Crippen molar-refractivity contribution in [3.05, 3.63) is 64.0 Å². The Morgan fingerprint density at radius 3 is 2.64 bits per heavy atom. The monoisotopic (exact) mass is 397 g/mol. The van der Waals surface area contributed by atoms with Crippen molar-refractivity contribution in [2.75, 3.05) is 5.32 Å². The highest BCUT2D eigenvalue weighted by molar-refractivity contribution is 9.10. The maximum atomic E-state index is 12.4. The van der Waals surface area contributed by atoms with Crippen LogP contribution in [0.25, 0.3) is 11.4 Å². The van der Waals surface area contributed by atoms with Gasteiger partial charge in [-0.3, -0.25) is 4.79 Å². The molecule has 0 unspecified atom stereocenters. The third-order valence-corrected chi connectivity index (χ3v) is 5.08. The molecule has 1 saturated carbocycles. The quantitative estimate of drug-likeness (QED) is 0.676. The van der Waals surface area contributed by atoms with E-state index in [9.17, 15) is 4.79 Å². The zero-order valence-electron chi connectivity index (χ0n) is 13.6. The van der Waals surface area contributed by atoms with Crippen molar-refractivity contribution in [1.82, 2.24) is 10.1 Å². The molecular formula is C19H16BrN3O2. The Bertz CT molecular complexity index is 930. The van der Waals surface area contributed by atoms with Crippen LogP contribution in [0, 0.1) is 6.92 Å². The Hall–Kier alpha value is -2.47. The van der Waals surface area contributed by atoms with Gasteiger partial charge in [0.1, 0.15) is 0 Å². The lowest BCUT2D eigenvalue weighted by Crippen LogP contribution is -2.11. The molecule has 1 aliphatic carbocycles. The summed E-state index contributed by atoms with van der Waals surface area (Å²) in [6.07, 6.45) is 2.24. The molecule has 2 aromatic carbocycles. The summed E-state index contributed by atoms with van der Waals surface area (Å²) >= 11 is 3.45. The molecule has 1 aliphatic rings. The van der Waals surface area contributed by atoms with Gasteiger partial charge in [-0.25, -0.2) is 0 Å². The average Bonchev–Trinajstić information content (AvgIpc) is 3.35. The van der Waals surface area contributed by atoms with Crippen molar-refractivity contribution in [2.45, 2.75) is 25.7 Å². The van der Waals surface area contributed by atoms with Gasteiger partial charge in [-0.1, -0.05) is 33.2 Å². The third kappa shape index (κ3) is 3.49. The predicted octanol–water partition coefficient (Wildman–Crippen LogP) is 4.94. The number of hydrogen-bond donors (Lipinski definition) is 1. The van der Waals surface area contributed by atoms with Crippen LogP contribution in [0.2, 0.25) is 0 Å². The van der Waals surface area contributed by atoms with E-state index in [4.69, 9.17) is 4.52 Å². The Kier molecular flexibility index (Phi) is 4.13. The second kappa shape index (κ2) is 6.44. The normalized spacial score (nSPS) is 13.7. The number of nitrogens with zero attached hydrogens (tertiary/aromatic N) is 2. The van der Waals surface area contributed by atoms with E-state index in [0.717, 1.165) is 34.1 Å². The molecule has 1 aromatic heterocycles. The van der Waals surface area contributed by atoms with E-state index in [1.807, 2.05) is 37.3 Å². The first kappa shape index (κ1) is 16.0. The van der Waals surface area contributed by atoms with Crippen LogP contribution < -0.4 is 5.32 Å². The molecule has 5 nitrogen and oxygen atoms in total. The summed E-state index contributed by atoms with van der Waals surface area (Å²) in [5.74, 6) is 1.56. The van der Waals surface area contributed by atoms with E-state index in [0.29, 0.717) is 23.2 Å². The minimum atomic E-state index is -0.153. The van der Waals surface area contributed by atoms with Crippen molar-refractivity contribution in [2.24, 2.45) is 0 Å². The number of aromatic nitrogens is 2. The molecule has 1 heterocycles. The lowest BCUT2D eigenvalue weighted by atomic mass is 10.1. The number of halogens is 1. The molecule has 1 N–H and O–H groups in total. The van der Waals surface area contributed by atoms with Crippen LogP contribution in [0.5, 0.6) is 0 Å². The van der Waals surface area contributed by atoms with E-state index in [1.54, 1.807) is 12.1 Å². The second-order valence-corrected chi connectivity index (χ2v) is 7.08. The molecule has 4 rings (SSSR count). The van der Waals surface area contributed by atoms with Crippen LogP contribution in [0.3, 0.4) is 0 Å². The number of carbonyl (C=O) groups is 1. The fourth-order valence-electron chi connectivity index (χ4n) is 2.54. The van der Waals surface area contributed by atoms with Crippen molar-refractivity contribution < 1.29 is 9.32 Å². The molecule has 3 aromatic rings. The molecule has 0 radical (unpaired) electrons. The minimum Gasteiger partial charge on any atom is -0.339 e. The molecule has 0 bridgehead atoms. The number of benzene rings is 2. The zero-order valence-corrected chi connectivity index (χ0v) is 15.2. The lowest BCUT2D eigenvalue weighted by molar-refractivity contribution is 0.102. The summed E-state index contributed by atoms with van der Waals surface area (Å²) in [5.41, 5.74) is 3.25. The highest BCUT2D eigenvalue weighted by Crippen LogP contribution is 2.39. The van der Waals surface area contributed by atoms with Crippen molar-refractivity contribution >= 4 is 27.5 Å². The summed E-state index contributed by atoms with van der Waals surface area (Å²) in [5, 5.41) is 6.92. The van der Waals surface area contributed by atoms with Gasteiger partial charge in [0.15, 0.2) is 0 Å². The van der Waals surface area contributed by atoms with Gasteiger partial charge in [-0.2, -0.15) is 4.98 Å². The minimum absolute atomic E-state index is 0.153. The topological polar surface area (TPSA) is 68.0 Å². The van der Waals surface area contributed by atoms with Gasteiger partial charge in [0.05, 0.1) is 0 Å². The molecule has 0 atom stereocenters. The van der Waals surface area contributed by atoms with Gasteiger partial charge in [0.25, 0.3) is 5.91 Å². The van der Waals surface area contributed by atoms with Gasteiger partial charge in [0, 0.05) is 27.2 Å². The third-order valence-electron chi connectivity index (χ3n) is 4.19. The first-order valence-electron chi connectivity index (χ1n) is 8.12. The first-order chi connectivity index (χ1) is 12.1. The molecular weight excluding hydrogens is 382 g/mol. The van der Waals surface area contributed by atoms with Gasteiger partial charge in [0.2, 0.25) is 11.7 Å². The molecule has 126 valence electrons. The first-order valence-corrected chi connectivity index (χ1v) is 8.91. The number of rotatable bonds is 4. The maximum Gasteiger partial charge on any atom is 0.255 e. The van der Waals surface area contributed by atoms with Gasteiger partial charge < -0.3 is 9.84 Å². The molecule has 0 spiro atoms. The largest absolute Gasteiger partial charge is 0.339 e. The predicted molar refractivity (Wildman–Crippen MR) is 98.5 cm³/mol. The summed E-state index contributed by atoms with van der Waals surface area (Å²) in [6.45, 7) is 1.98. The fraction of sp³-hybridized carbons (Fsp3) is 0.211. The van der Waals surface area contributed by atoms with Gasteiger partial charge >= 0.3 is 0 Å². The van der Waals surface area contributed by atoms with Crippen molar-refractivity contribution in [3.63, 3.8) is 0 Å². The summed E-state index contributed by atoms with van der Waals surface area (Å²) in [4.78, 5) is 16.8. The van der Waals surface area contributed by atoms with Crippen LogP contribution in [0.1, 0.15) is 40.6 Å². The SMILES string of the molecule is Cc1cc(NC(=O)c2ccc(-c3noc(C4CC4)n3)cc2)ccc1Br. The van der Waals surface area contributed by atoms with E-state index in [-0.39, 0.29) is 5.91 Å². The smallest absolute Gasteiger partial charge is 0.255 e. The Balaban J connectivity index is 1.48. The van der Waals surface area contributed by atoms with E-state index in [1.165, 1.54) is 0 Å². The van der Waals surface area contributed by atoms with Crippen LogP contribution in [0.4, 0.5) is 5.69 Å². The van der Waals surface area contributed by atoms with Crippen molar-refractivity contribution in [1.29, 1.82) is 0 Å². The van der Waals surface area contributed by atoms with Gasteiger partial charge in [-0.05, 0) is 55.7 Å². The number of amides is 1. The number of nitrogens with one attached hydrogen (secondary N) is 1. The zero-order chi connectivity index (χ0) is 17.4. The molecule has 1 fully saturated rings. The van der Waals surface area contributed by atoms with Crippen LogP contribution in [0.15, 0.2) is 51.5 Å². The highest BCUT2D eigenvalue weighted by Gasteiger charge is 2.29. The van der Waals surface area contributed by atoms with E-state index >= 15 is 0 Å². The van der Waals surface area contributed by atoms with Crippen LogP contribution in [-0.2, 0) is 0 Å². The Labute approximate surface area is 153 Å². The summed E-state index contributed by atoms with van der Waals surface area (Å²) in [7, 11) is 0. The number of anilines is 1. The van der Waals surface area contributed by atoms with E-state index in [2.05, 4.69) is 31.4 Å². The second-order valence-electron chi connectivity index (χ2n) is 6.23. The standard InChI is InChI=1S/C19H16BrN3O2/c1-11-10-15(8-9-16(11)20)21-18(24)13-4-2-12(3-5-13)17-22-19(25-23-17)14-6-7-14/h2-5,8-10,14H,6-7H2,1H3,(H,21,24). The number of aryl methyl sites for hydroxylation is 1. The van der Waals surface area contributed by atoms with Crippen LogP contribution in [-0.4, -0.2) is 16.0 Å². The lowest BCUT2D eigenvalue weighted by Gasteiger charge is -2.07. The molecule has 6 heteroatoms. The summed E-state index contributed by atoms with van der Waals surface area (Å²) in [6, 6.07) is 12.9. The fourth-order valence-corrected chi connectivity index (χ4v) is 2.79. The van der Waals surface area contributed by atoms with Gasteiger partial charge in [-0.15, -0.1) is 0 Å². The molecule has 0 aliphatic heterocycles. The molecule has 25 heavy (non-hydrogen) atoms. The van der Waals surface area contributed by atoms with E-state index < -0.39 is 0 Å². The molecule has 1 amide bonds. The number of carbonyl (C=O) groups excluding carboxylic acids is 1. The average molecular weight is 398 g/mol. The van der Waals surface area contributed by atoms with Crippen molar-refractivity contribution in [3.8, 4) is 11.4 Å². The summed E-state index contributed by atoms with van der Waals surface area (Å²) < 4.78 is 6.29. The Morgan fingerprint density at radius 2 is 1.96 bits per heavy atom. The highest BCUT2D eigenvalue weighted by atomic mass is 79.9. The number of hydrogen-bond acceptors (Lipinski definition) is 4. The molecule has 0 saturated heterocycles. The Morgan fingerprint density at radius 1 is 1.20 bits per heavy atom. The maximum absolute atomic E-state index is 12.4.